The molecule has 0 unspecified atom stereocenters. The molecule has 23 heavy (non-hydrogen) atoms. The molecule has 0 aromatic heterocycles. The summed E-state index contributed by atoms with van der Waals surface area (Å²) in [5.41, 5.74) is 2.32. The number of anilines is 1. The van der Waals surface area contributed by atoms with E-state index in [2.05, 4.69) is 10.6 Å². The van der Waals surface area contributed by atoms with E-state index in [0.717, 1.165) is 37.2 Å². The van der Waals surface area contributed by atoms with Gasteiger partial charge in [-0.3, -0.25) is 14.4 Å². The van der Waals surface area contributed by atoms with Gasteiger partial charge in [0, 0.05) is 43.7 Å². The Morgan fingerprint density at radius 3 is 2.74 bits per heavy atom. The zero-order valence-corrected chi connectivity index (χ0v) is 13.1. The third-order valence-electron chi connectivity index (χ3n) is 4.35. The van der Waals surface area contributed by atoms with Gasteiger partial charge in [-0.05, 0) is 43.0 Å². The van der Waals surface area contributed by atoms with Crippen LogP contribution in [0.3, 0.4) is 0 Å². The van der Waals surface area contributed by atoms with Crippen molar-refractivity contribution in [1.29, 1.82) is 0 Å². The highest BCUT2D eigenvalue weighted by atomic mass is 16.2. The Labute approximate surface area is 135 Å². The maximum atomic E-state index is 12.2. The first kappa shape index (κ1) is 15.5. The van der Waals surface area contributed by atoms with Gasteiger partial charge in [0.2, 0.25) is 11.8 Å². The lowest BCUT2D eigenvalue weighted by Crippen LogP contribution is -2.32. The summed E-state index contributed by atoms with van der Waals surface area (Å²) >= 11 is 0. The molecule has 2 N–H and O–H groups in total. The number of carbonyl (C=O) groups excluding carboxylic acids is 3. The Balaban J connectivity index is 1.52. The van der Waals surface area contributed by atoms with Gasteiger partial charge in [0.15, 0.2) is 0 Å². The van der Waals surface area contributed by atoms with E-state index >= 15 is 0 Å². The summed E-state index contributed by atoms with van der Waals surface area (Å²) in [6.07, 6.45) is 3.58. The van der Waals surface area contributed by atoms with E-state index in [1.165, 1.54) is 0 Å². The molecule has 0 bridgehead atoms. The van der Waals surface area contributed by atoms with Gasteiger partial charge in [-0.15, -0.1) is 0 Å². The zero-order chi connectivity index (χ0) is 16.2. The molecule has 0 aliphatic carbocycles. The summed E-state index contributed by atoms with van der Waals surface area (Å²) in [5.74, 6) is -0.0648. The van der Waals surface area contributed by atoms with E-state index in [4.69, 9.17) is 0 Å². The van der Waals surface area contributed by atoms with Crippen molar-refractivity contribution in [3.05, 3.63) is 29.3 Å². The van der Waals surface area contributed by atoms with E-state index in [-0.39, 0.29) is 17.7 Å². The average Bonchev–Trinajstić information content (AvgIpc) is 3.08. The van der Waals surface area contributed by atoms with Crippen molar-refractivity contribution < 1.29 is 14.4 Å². The van der Waals surface area contributed by atoms with E-state index in [1.54, 1.807) is 12.1 Å². The normalized spacial score (nSPS) is 16.7. The van der Waals surface area contributed by atoms with Crippen LogP contribution in [0.25, 0.3) is 0 Å². The number of fused-ring (bicyclic) bond motifs is 1. The third-order valence-corrected chi connectivity index (χ3v) is 4.35. The number of hydrogen-bond acceptors (Lipinski definition) is 3. The molecule has 2 aliphatic heterocycles. The molecule has 3 amide bonds. The number of benzene rings is 1. The SMILES string of the molecule is O=C1CCc2cc(C(=O)NCCC(=O)N3CCCC3)ccc2N1. The monoisotopic (exact) mass is 315 g/mol. The standard InChI is InChI=1S/C17H21N3O3/c21-15-6-4-12-11-13(3-5-14(12)19-15)17(23)18-8-7-16(22)20-9-1-2-10-20/h3,5,11H,1-2,4,6-10H2,(H,18,23)(H,19,21). The molecule has 3 rings (SSSR count). The third kappa shape index (κ3) is 3.70. The summed E-state index contributed by atoms with van der Waals surface area (Å²) < 4.78 is 0. The maximum Gasteiger partial charge on any atom is 0.251 e. The number of nitrogens with zero attached hydrogens (tertiary/aromatic N) is 1. The Kier molecular flexibility index (Phi) is 4.60. The van der Waals surface area contributed by atoms with Crippen molar-refractivity contribution in [2.24, 2.45) is 0 Å². The minimum Gasteiger partial charge on any atom is -0.352 e. The Morgan fingerprint density at radius 1 is 1.17 bits per heavy atom. The zero-order valence-electron chi connectivity index (χ0n) is 13.1. The topological polar surface area (TPSA) is 78.5 Å². The number of amides is 3. The van der Waals surface area contributed by atoms with Gasteiger partial charge in [-0.1, -0.05) is 0 Å². The first-order valence-electron chi connectivity index (χ1n) is 8.12. The highest BCUT2D eigenvalue weighted by Crippen LogP contribution is 2.23. The number of rotatable bonds is 4. The van der Waals surface area contributed by atoms with Crippen LogP contribution in [-0.4, -0.2) is 42.3 Å². The summed E-state index contributed by atoms with van der Waals surface area (Å²) in [6.45, 7) is 2.02. The first-order chi connectivity index (χ1) is 11.1. The van der Waals surface area contributed by atoms with Gasteiger partial charge in [-0.2, -0.15) is 0 Å². The van der Waals surface area contributed by atoms with Crippen LogP contribution in [0.15, 0.2) is 18.2 Å². The number of hydrogen-bond donors (Lipinski definition) is 2. The molecule has 1 aromatic rings. The van der Waals surface area contributed by atoms with Gasteiger partial charge in [-0.25, -0.2) is 0 Å². The maximum absolute atomic E-state index is 12.2. The molecule has 0 atom stereocenters. The molecule has 1 aromatic carbocycles. The molecule has 122 valence electrons. The van der Waals surface area contributed by atoms with E-state index in [9.17, 15) is 14.4 Å². The van der Waals surface area contributed by atoms with E-state index in [1.807, 2.05) is 11.0 Å². The van der Waals surface area contributed by atoms with Crippen molar-refractivity contribution in [2.45, 2.75) is 32.1 Å². The van der Waals surface area contributed by atoms with Crippen LogP contribution in [0, 0.1) is 0 Å². The fourth-order valence-corrected chi connectivity index (χ4v) is 3.03. The van der Waals surface area contributed by atoms with Crippen LogP contribution >= 0.6 is 0 Å². The molecular formula is C17H21N3O3. The summed E-state index contributed by atoms with van der Waals surface area (Å²) in [7, 11) is 0. The van der Waals surface area contributed by atoms with Gasteiger partial charge < -0.3 is 15.5 Å². The van der Waals surface area contributed by atoms with Crippen molar-refractivity contribution in [2.75, 3.05) is 25.0 Å². The van der Waals surface area contributed by atoms with Crippen LogP contribution < -0.4 is 10.6 Å². The molecule has 2 heterocycles. The van der Waals surface area contributed by atoms with Crippen molar-refractivity contribution in [3.63, 3.8) is 0 Å². The summed E-state index contributed by atoms with van der Waals surface area (Å²) in [6, 6.07) is 5.27. The summed E-state index contributed by atoms with van der Waals surface area (Å²) in [5, 5.41) is 5.59. The molecule has 1 fully saturated rings. The van der Waals surface area contributed by atoms with Crippen LogP contribution in [0.2, 0.25) is 0 Å². The molecule has 1 saturated heterocycles. The Bertz CT molecular complexity index is 636. The van der Waals surface area contributed by atoms with Gasteiger partial charge in [0.1, 0.15) is 0 Å². The molecule has 0 spiro atoms. The first-order valence-corrected chi connectivity index (χ1v) is 8.12. The molecular weight excluding hydrogens is 294 g/mol. The Morgan fingerprint density at radius 2 is 1.96 bits per heavy atom. The van der Waals surface area contributed by atoms with E-state index in [0.29, 0.717) is 31.4 Å². The van der Waals surface area contributed by atoms with Gasteiger partial charge >= 0.3 is 0 Å². The number of likely N-dealkylation sites (tertiary alicyclic amines) is 1. The molecule has 6 heteroatoms. The second-order valence-corrected chi connectivity index (χ2v) is 6.01. The lowest BCUT2D eigenvalue weighted by atomic mass is 10.00. The number of carbonyl (C=O) groups is 3. The highest BCUT2D eigenvalue weighted by Gasteiger charge is 2.19. The van der Waals surface area contributed by atoms with Gasteiger partial charge in [0.25, 0.3) is 5.91 Å². The lowest BCUT2D eigenvalue weighted by molar-refractivity contribution is -0.130. The molecule has 0 radical (unpaired) electrons. The van der Waals surface area contributed by atoms with Crippen molar-refractivity contribution in [3.8, 4) is 0 Å². The second kappa shape index (κ2) is 6.81. The largest absolute Gasteiger partial charge is 0.352 e. The van der Waals surface area contributed by atoms with Crippen LogP contribution in [0.4, 0.5) is 5.69 Å². The minimum atomic E-state index is -0.182. The fourth-order valence-electron chi connectivity index (χ4n) is 3.03. The van der Waals surface area contributed by atoms with Crippen LogP contribution in [0.1, 0.15) is 41.6 Å². The molecule has 6 nitrogen and oxygen atoms in total. The van der Waals surface area contributed by atoms with Crippen molar-refractivity contribution >= 4 is 23.4 Å². The smallest absolute Gasteiger partial charge is 0.251 e. The fraction of sp³-hybridized carbons (Fsp3) is 0.471. The lowest BCUT2D eigenvalue weighted by Gasteiger charge is -2.17. The van der Waals surface area contributed by atoms with Crippen LogP contribution in [-0.2, 0) is 16.0 Å². The van der Waals surface area contributed by atoms with Gasteiger partial charge in [0.05, 0.1) is 0 Å². The minimum absolute atomic E-state index is 0.00938. The molecule has 0 saturated carbocycles. The Hall–Kier alpha value is -2.37. The molecule has 2 aliphatic rings. The summed E-state index contributed by atoms with van der Waals surface area (Å²) in [4.78, 5) is 37.3. The second-order valence-electron chi connectivity index (χ2n) is 6.01. The van der Waals surface area contributed by atoms with Crippen LogP contribution in [0.5, 0.6) is 0 Å². The number of nitrogens with one attached hydrogen (secondary N) is 2. The highest BCUT2D eigenvalue weighted by molar-refractivity contribution is 5.98. The van der Waals surface area contributed by atoms with Crippen molar-refractivity contribution in [1.82, 2.24) is 10.2 Å². The quantitative estimate of drug-likeness (QED) is 0.879. The van der Waals surface area contributed by atoms with E-state index < -0.39 is 0 Å². The average molecular weight is 315 g/mol. The number of aryl methyl sites for hydroxylation is 1. The predicted molar refractivity (Wildman–Crippen MR) is 86.2 cm³/mol. The predicted octanol–water partition coefficient (Wildman–Crippen LogP) is 1.31.